The monoisotopic (exact) mass is 566 g/mol. The first-order valence-electron chi connectivity index (χ1n) is 18.9. The third-order valence-corrected chi connectivity index (χ3v) is 16.0. The number of ether oxygens (including phenoxy) is 2. The Kier molecular flexibility index (Phi) is 5.05. The van der Waals surface area contributed by atoms with Crippen molar-refractivity contribution in [1.29, 1.82) is 0 Å². The van der Waals surface area contributed by atoms with Gasteiger partial charge in [-0.1, -0.05) is 0 Å². The second-order valence-corrected chi connectivity index (χ2v) is 19.2. The van der Waals surface area contributed by atoms with Gasteiger partial charge in [0.25, 0.3) is 0 Å². The van der Waals surface area contributed by atoms with Crippen molar-refractivity contribution >= 4 is 0 Å². The predicted molar refractivity (Wildman–Crippen MR) is 166 cm³/mol. The van der Waals surface area contributed by atoms with Gasteiger partial charge in [0.1, 0.15) is 18.5 Å². The topological polar surface area (TPSA) is 21.8 Å². The molecule has 0 spiro atoms. The highest BCUT2D eigenvalue weighted by atomic mass is 16.6. The Balaban J connectivity index is 1.18. The Labute approximate surface area is 254 Å². The fraction of sp³-hybridized carbons (Fsp3) is 0.850. The molecule has 0 amide bonds. The lowest BCUT2D eigenvalue weighted by molar-refractivity contribution is -0.0252. The zero-order chi connectivity index (χ0) is 27.4. The molecular formula is C40H54O2. The molecule has 13 aliphatic rings. The average Bonchev–Trinajstić information content (AvgIpc) is 3.74. The molecule has 2 nitrogen and oxygen atoms in total. The molecule has 2 heteroatoms. The van der Waals surface area contributed by atoms with Crippen LogP contribution in [-0.4, -0.2) is 19.3 Å². The number of epoxide rings is 1. The van der Waals surface area contributed by atoms with Crippen LogP contribution in [0.4, 0.5) is 0 Å². The van der Waals surface area contributed by atoms with E-state index in [2.05, 4.69) is 13.0 Å². The van der Waals surface area contributed by atoms with Gasteiger partial charge in [-0.25, -0.2) is 0 Å². The molecule has 0 N–H and O–H groups in total. The number of aryl methyl sites for hydroxylation is 1. The molecule has 226 valence electrons. The van der Waals surface area contributed by atoms with Crippen LogP contribution in [0.5, 0.6) is 5.75 Å². The first-order valence-corrected chi connectivity index (χ1v) is 18.9. The van der Waals surface area contributed by atoms with Crippen LogP contribution in [-0.2, 0) is 21.0 Å². The van der Waals surface area contributed by atoms with Gasteiger partial charge >= 0.3 is 0 Å². The summed E-state index contributed by atoms with van der Waals surface area (Å²) in [4.78, 5) is 0. The summed E-state index contributed by atoms with van der Waals surface area (Å²) in [5, 5.41) is 0. The van der Waals surface area contributed by atoms with Crippen molar-refractivity contribution in [3.8, 4) is 5.75 Å². The molecular weight excluding hydrogens is 512 g/mol. The molecule has 1 saturated heterocycles. The van der Waals surface area contributed by atoms with Crippen LogP contribution in [0.3, 0.4) is 0 Å². The quantitative estimate of drug-likeness (QED) is 0.320. The van der Waals surface area contributed by atoms with E-state index in [-0.39, 0.29) is 0 Å². The highest BCUT2D eigenvalue weighted by Gasteiger charge is 2.61. The molecule has 0 aromatic heterocycles. The lowest BCUT2D eigenvalue weighted by Gasteiger charge is -2.63. The molecule has 12 saturated carbocycles. The minimum Gasteiger partial charge on any atom is -0.490 e. The number of benzene rings is 1. The van der Waals surface area contributed by atoms with Crippen molar-refractivity contribution in [3.05, 3.63) is 28.3 Å². The first kappa shape index (κ1) is 25.2. The van der Waals surface area contributed by atoms with Gasteiger partial charge in [-0.2, -0.15) is 0 Å². The SMILES string of the molecule is Cc1cc(OCC2CO2)c(C23CC4CC(CC(C4)C2)C3)c(C23CC4CC(CC(C4)C2)C3)c1C12CC3CC(CC(C3)C1)C2. The number of rotatable bonds is 6. The Hall–Kier alpha value is -1.02. The Morgan fingerprint density at radius 2 is 0.881 bits per heavy atom. The summed E-state index contributed by atoms with van der Waals surface area (Å²) in [6.45, 7) is 4.23. The van der Waals surface area contributed by atoms with Crippen molar-refractivity contribution < 1.29 is 9.47 Å². The summed E-state index contributed by atoms with van der Waals surface area (Å²) in [6.07, 6.45) is 27.7. The van der Waals surface area contributed by atoms with Crippen molar-refractivity contribution in [2.75, 3.05) is 13.2 Å². The lowest BCUT2D eigenvalue weighted by atomic mass is 9.41. The summed E-state index contributed by atoms with van der Waals surface area (Å²) in [5.74, 6) is 10.3. The van der Waals surface area contributed by atoms with E-state index in [0.717, 1.165) is 66.5 Å². The number of hydrogen-bond donors (Lipinski definition) is 0. The van der Waals surface area contributed by atoms with E-state index >= 15 is 0 Å². The van der Waals surface area contributed by atoms with Crippen LogP contribution in [0, 0.1) is 60.2 Å². The molecule has 1 heterocycles. The summed E-state index contributed by atoms with van der Waals surface area (Å²) >= 11 is 0. The van der Waals surface area contributed by atoms with E-state index < -0.39 is 0 Å². The molecule has 0 radical (unpaired) electrons. The summed E-state index contributed by atoms with van der Waals surface area (Å²) in [5.41, 5.74) is 8.74. The zero-order valence-electron chi connectivity index (χ0n) is 26.3. The van der Waals surface area contributed by atoms with E-state index in [9.17, 15) is 0 Å². The van der Waals surface area contributed by atoms with E-state index in [1.807, 2.05) is 16.7 Å². The van der Waals surface area contributed by atoms with Crippen LogP contribution in [0.15, 0.2) is 6.07 Å². The molecule has 14 rings (SSSR count). The Morgan fingerprint density at radius 3 is 1.24 bits per heavy atom. The van der Waals surface area contributed by atoms with Gasteiger partial charge in [-0.05, 0) is 209 Å². The van der Waals surface area contributed by atoms with Gasteiger partial charge in [0.05, 0.1) is 6.61 Å². The maximum atomic E-state index is 7.08. The van der Waals surface area contributed by atoms with Gasteiger partial charge in [-0.15, -0.1) is 0 Å². The minimum atomic E-state index is 0.334. The summed E-state index contributed by atoms with van der Waals surface area (Å²) in [7, 11) is 0. The third kappa shape index (κ3) is 3.54. The van der Waals surface area contributed by atoms with Gasteiger partial charge in [0.15, 0.2) is 0 Å². The van der Waals surface area contributed by atoms with Crippen LogP contribution in [0.2, 0.25) is 0 Å². The maximum Gasteiger partial charge on any atom is 0.123 e. The normalized spacial score (nSPS) is 53.7. The molecule has 1 aromatic carbocycles. The molecule has 42 heavy (non-hydrogen) atoms. The molecule has 1 unspecified atom stereocenters. The minimum absolute atomic E-state index is 0.334. The van der Waals surface area contributed by atoms with Crippen LogP contribution >= 0.6 is 0 Å². The Morgan fingerprint density at radius 1 is 0.548 bits per heavy atom. The smallest absolute Gasteiger partial charge is 0.123 e. The predicted octanol–water partition coefficient (Wildman–Crippen LogP) is 9.18. The van der Waals surface area contributed by atoms with Crippen molar-refractivity contribution in [1.82, 2.24) is 0 Å². The Bertz CT molecular complexity index is 1210. The largest absolute Gasteiger partial charge is 0.490 e. The lowest BCUT2D eigenvalue weighted by Crippen LogP contribution is -2.55. The third-order valence-electron chi connectivity index (χ3n) is 16.0. The van der Waals surface area contributed by atoms with Crippen molar-refractivity contribution in [3.63, 3.8) is 0 Å². The molecule has 1 aliphatic heterocycles. The summed E-state index contributed by atoms with van der Waals surface area (Å²) in [6, 6.07) is 2.65. The molecule has 1 aromatic rings. The van der Waals surface area contributed by atoms with E-state index in [1.165, 1.54) is 82.8 Å². The highest BCUT2D eigenvalue weighted by molar-refractivity contribution is 5.60. The van der Waals surface area contributed by atoms with Gasteiger partial charge in [0.2, 0.25) is 0 Å². The van der Waals surface area contributed by atoms with E-state index in [0.29, 0.717) is 22.3 Å². The second-order valence-electron chi connectivity index (χ2n) is 19.2. The first-order chi connectivity index (χ1) is 20.4. The van der Waals surface area contributed by atoms with Crippen molar-refractivity contribution in [2.24, 2.45) is 53.3 Å². The molecule has 12 aliphatic carbocycles. The van der Waals surface area contributed by atoms with Crippen molar-refractivity contribution in [2.45, 2.75) is 145 Å². The second kappa shape index (κ2) is 8.41. The number of hydrogen-bond acceptors (Lipinski definition) is 2. The molecule has 13 fully saturated rings. The molecule has 12 bridgehead atoms. The highest BCUT2D eigenvalue weighted by Crippen LogP contribution is 2.70. The zero-order valence-corrected chi connectivity index (χ0v) is 26.3. The van der Waals surface area contributed by atoms with E-state index in [4.69, 9.17) is 9.47 Å². The fourth-order valence-corrected chi connectivity index (χ4v) is 16.2. The van der Waals surface area contributed by atoms with Gasteiger partial charge in [-0.3, -0.25) is 0 Å². The van der Waals surface area contributed by atoms with E-state index in [1.54, 1.807) is 44.1 Å². The molecule has 1 atom stereocenters. The maximum absolute atomic E-state index is 7.08. The summed E-state index contributed by atoms with van der Waals surface area (Å²) < 4.78 is 12.8. The van der Waals surface area contributed by atoms with Crippen LogP contribution in [0.1, 0.15) is 138 Å². The van der Waals surface area contributed by atoms with Gasteiger partial charge in [0, 0.05) is 11.0 Å². The standard InChI is InChI=1S/C40H54O2/c1-23-2-34(42-22-33-21-41-33)36(39-15-27-6-28(16-39)8-29(7-27)17-39)37(40-18-30-9-31(19-40)11-32(10-30)20-40)35(23)38-12-24-3-25(13-38)5-26(4-24)14-38/h2,24-33H,3-22H2,1H3. The average molecular weight is 567 g/mol. The van der Waals surface area contributed by atoms with Gasteiger partial charge < -0.3 is 9.47 Å². The van der Waals surface area contributed by atoms with Crippen LogP contribution in [0.25, 0.3) is 0 Å². The van der Waals surface area contributed by atoms with Crippen LogP contribution < -0.4 is 4.74 Å². The fourth-order valence-electron chi connectivity index (χ4n) is 16.2.